The molecule has 2 atom stereocenters. The monoisotopic (exact) mass is 182 g/mol. The molecule has 0 saturated carbocycles. The van der Waals surface area contributed by atoms with E-state index in [0.29, 0.717) is 5.41 Å². The van der Waals surface area contributed by atoms with E-state index in [4.69, 9.17) is 0 Å². The van der Waals surface area contributed by atoms with Gasteiger partial charge in [0, 0.05) is 0 Å². The number of rotatable bonds is 5. The number of hydrogen-bond acceptors (Lipinski definition) is 0. The van der Waals surface area contributed by atoms with Crippen molar-refractivity contribution in [1.29, 1.82) is 0 Å². The van der Waals surface area contributed by atoms with Gasteiger partial charge in [-0.1, -0.05) is 47.1 Å². The quantitative estimate of drug-likeness (QED) is 0.542. The zero-order valence-electron chi connectivity index (χ0n) is 10.1. The fourth-order valence-corrected chi connectivity index (χ4v) is 2.45. The predicted molar refractivity (Wildman–Crippen MR) is 61.8 cm³/mol. The van der Waals surface area contributed by atoms with Crippen molar-refractivity contribution in [3.8, 4) is 0 Å². The summed E-state index contributed by atoms with van der Waals surface area (Å²) in [7, 11) is 0. The molecule has 0 N–H and O–H groups in total. The molecule has 0 fully saturated rings. The number of hydrogen-bond donors (Lipinski definition) is 0. The van der Waals surface area contributed by atoms with Crippen LogP contribution in [0.2, 0.25) is 0 Å². The highest BCUT2D eigenvalue weighted by Crippen LogP contribution is 2.36. The Hall–Kier alpha value is -0.260. The lowest BCUT2D eigenvalue weighted by Crippen LogP contribution is -2.26. The van der Waals surface area contributed by atoms with Crippen molar-refractivity contribution in [2.45, 2.75) is 53.9 Å². The molecule has 0 aliphatic carbocycles. The molecule has 0 nitrogen and oxygen atoms in total. The van der Waals surface area contributed by atoms with Gasteiger partial charge in [0.25, 0.3) is 0 Å². The van der Waals surface area contributed by atoms with Crippen LogP contribution in [0.4, 0.5) is 0 Å². The van der Waals surface area contributed by atoms with Gasteiger partial charge in [0.15, 0.2) is 0 Å². The SMILES string of the molecule is C=CCCC(C)C(CC)C(C)(C)C. The first-order valence-corrected chi connectivity index (χ1v) is 5.54. The van der Waals surface area contributed by atoms with Crippen molar-refractivity contribution in [3.63, 3.8) is 0 Å². The first kappa shape index (κ1) is 12.7. The molecule has 0 bridgehead atoms. The average molecular weight is 182 g/mol. The molecule has 0 heterocycles. The van der Waals surface area contributed by atoms with Gasteiger partial charge in [-0.15, -0.1) is 6.58 Å². The lowest BCUT2D eigenvalue weighted by atomic mass is 9.71. The summed E-state index contributed by atoms with van der Waals surface area (Å²) in [6, 6.07) is 0. The Labute approximate surface area is 84.4 Å². The largest absolute Gasteiger partial charge is 0.103 e. The van der Waals surface area contributed by atoms with Crippen molar-refractivity contribution < 1.29 is 0 Å². The van der Waals surface area contributed by atoms with Gasteiger partial charge in [-0.2, -0.15) is 0 Å². The molecule has 0 aliphatic heterocycles. The molecule has 0 rings (SSSR count). The Kier molecular flexibility index (Phi) is 5.36. The van der Waals surface area contributed by atoms with E-state index in [1.165, 1.54) is 12.8 Å². The number of allylic oxidation sites excluding steroid dienone is 1. The van der Waals surface area contributed by atoms with Gasteiger partial charge in [-0.05, 0) is 30.1 Å². The van der Waals surface area contributed by atoms with Crippen LogP contribution in [-0.2, 0) is 0 Å². The standard InChI is InChI=1S/C13H26/c1-7-9-10-11(3)12(8-2)13(4,5)6/h7,11-12H,1,8-10H2,2-6H3. The fraction of sp³-hybridized carbons (Fsp3) is 0.846. The van der Waals surface area contributed by atoms with Crippen LogP contribution in [0, 0.1) is 17.3 Å². The minimum absolute atomic E-state index is 0.454. The molecule has 78 valence electrons. The highest BCUT2D eigenvalue weighted by Gasteiger charge is 2.27. The minimum Gasteiger partial charge on any atom is -0.103 e. The van der Waals surface area contributed by atoms with Gasteiger partial charge in [-0.25, -0.2) is 0 Å². The normalized spacial score (nSPS) is 16.7. The summed E-state index contributed by atoms with van der Waals surface area (Å²) in [5.41, 5.74) is 0.454. The molecule has 0 radical (unpaired) electrons. The molecular formula is C13H26. The molecule has 0 aromatic heterocycles. The summed E-state index contributed by atoms with van der Waals surface area (Å²) in [6.07, 6.45) is 5.78. The zero-order chi connectivity index (χ0) is 10.5. The topological polar surface area (TPSA) is 0 Å². The molecule has 0 saturated heterocycles. The highest BCUT2D eigenvalue weighted by molar-refractivity contribution is 4.79. The van der Waals surface area contributed by atoms with Gasteiger partial charge in [0.05, 0.1) is 0 Å². The van der Waals surface area contributed by atoms with Gasteiger partial charge < -0.3 is 0 Å². The van der Waals surface area contributed by atoms with Crippen molar-refractivity contribution in [3.05, 3.63) is 12.7 Å². The smallest absolute Gasteiger partial charge is 0.0342 e. The van der Waals surface area contributed by atoms with Crippen LogP contribution in [0.1, 0.15) is 53.9 Å². The third kappa shape index (κ3) is 4.50. The van der Waals surface area contributed by atoms with Crippen molar-refractivity contribution in [1.82, 2.24) is 0 Å². The Balaban J connectivity index is 4.14. The van der Waals surface area contributed by atoms with E-state index >= 15 is 0 Å². The van der Waals surface area contributed by atoms with Crippen molar-refractivity contribution in [2.24, 2.45) is 17.3 Å². The molecule has 0 heteroatoms. The van der Waals surface area contributed by atoms with Crippen LogP contribution in [0.25, 0.3) is 0 Å². The highest BCUT2D eigenvalue weighted by atomic mass is 14.3. The summed E-state index contributed by atoms with van der Waals surface area (Å²) in [5, 5.41) is 0. The van der Waals surface area contributed by atoms with Crippen LogP contribution < -0.4 is 0 Å². The average Bonchev–Trinajstić information content (AvgIpc) is 1.99. The fourth-order valence-electron chi connectivity index (χ4n) is 2.45. The minimum atomic E-state index is 0.454. The van der Waals surface area contributed by atoms with Crippen molar-refractivity contribution >= 4 is 0 Å². The molecule has 0 aliphatic rings. The Morgan fingerprint density at radius 2 is 1.85 bits per heavy atom. The van der Waals surface area contributed by atoms with E-state index in [1.54, 1.807) is 0 Å². The Morgan fingerprint density at radius 1 is 1.31 bits per heavy atom. The van der Waals surface area contributed by atoms with Crippen LogP contribution in [0.5, 0.6) is 0 Å². The van der Waals surface area contributed by atoms with Crippen LogP contribution in [-0.4, -0.2) is 0 Å². The second-order valence-corrected chi connectivity index (χ2v) is 5.22. The first-order valence-electron chi connectivity index (χ1n) is 5.54. The molecular weight excluding hydrogens is 156 g/mol. The van der Waals surface area contributed by atoms with Gasteiger partial charge >= 0.3 is 0 Å². The summed E-state index contributed by atoms with van der Waals surface area (Å²) < 4.78 is 0. The van der Waals surface area contributed by atoms with E-state index < -0.39 is 0 Å². The van der Waals surface area contributed by atoms with Crippen LogP contribution >= 0.6 is 0 Å². The van der Waals surface area contributed by atoms with E-state index in [2.05, 4.69) is 41.2 Å². The van der Waals surface area contributed by atoms with Crippen LogP contribution in [0.15, 0.2) is 12.7 Å². The molecule has 2 unspecified atom stereocenters. The Morgan fingerprint density at radius 3 is 2.15 bits per heavy atom. The van der Waals surface area contributed by atoms with Gasteiger partial charge in [-0.3, -0.25) is 0 Å². The van der Waals surface area contributed by atoms with E-state index in [9.17, 15) is 0 Å². The summed E-state index contributed by atoms with van der Waals surface area (Å²) in [6.45, 7) is 15.5. The summed E-state index contributed by atoms with van der Waals surface area (Å²) in [4.78, 5) is 0. The predicted octanol–water partition coefficient (Wildman–Crippen LogP) is 4.66. The lowest BCUT2D eigenvalue weighted by Gasteiger charge is -2.34. The maximum atomic E-state index is 3.78. The molecule has 0 aromatic rings. The molecule has 0 spiro atoms. The second kappa shape index (κ2) is 5.47. The third-order valence-corrected chi connectivity index (χ3v) is 3.07. The van der Waals surface area contributed by atoms with E-state index in [1.807, 2.05) is 6.08 Å². The zero-order valence-corrected chi connectivity index (χ0v) is 10.1. The third-order valence-electron chi connectivity index (χ3n) is 3.07. The van der Waals surface area contributed by atoms with E-state index in [0.717, 1.165) is 18.3 Å². The van der Waals surface area contributed by atoms with E-state index in [-0.39, 0.29) is 0 Å². The van der Waals surface area contributed by atoms with Gasteiger partial charge in [0.2, 0.25) is 0 Å². The lowest BCUT2D eigenvalue weighted by molar-refractivity contribution is 0.156. The molecule has 0 amide bonds. The maximum Gasteiger partial charge on any atom is -0.0342 e. The van der Waals surface area contributed by atoms with Gasteiger partial charge in [0.1, 0.15) is 0 Å². The second-order valence-electron chi connectivity index (χ2n) is 5.22. The Bertz CT molecular complexity index is 139. The maximum absolute atomic E-state index is 3.78. The summed E-state index contributed by atoms with van der Waals surface area (Å²) in [5.74, 6) is 1.66. The molecule has 13 heavy (non-hydrogen) atoms. The van der Waals surface area contributed by atoms with Crippen LogP contribution in [0.3, 0.4) is 0 Å². The first-order chi connectivity index (χ1) is 5.93. The van der Waals surface area contributed by atoms with Crippen molar-refractivity contribution in [2.75, 3.05) is 0 Å². The summed E-state index contributed by atoms with van der Waals surface area (Å²) >= 11 is 0. The molecule has 0 aromatic carbocycles.